The predicted octanol–water partition coefficient (Wildman–Crippen LogP) is 0.377. The number of amides is 1. The van der Waals surface area contributed by atoms with E-state index in [1.54, 1.807) is 10.9 Å². The molecule has 2 aliphatic rings. The average Bonchev–Trinajstić information content (AvgIpc) is 3.27. The highest BCUT2D eigenvalue weighted by molar-refractivity contribution is 5.91. The minimum absolute atomic E-state index is 0.208. The standard InChI is InChI=1S/C20H28N6O3/c27-20(19-16-26(23-22-19)6-5-24-7-11-28-12-8-24)21-15-17-1-3-18(4-2-17)25-9-13-29-14-10-25/h1-4,16H,5-15H2,(H,21,27). The number of carbonyl (C=O) groups excluding carboxylic acids is 1. The zero-order valence-electron chi connectivity index (χ0n) is 16.6. The van der Waals surface area contributed by atoms with Crippen LogP contribution in [0.4, 0.5) is 5.69 Å². The molecular weight excluding hydrogens is 372 g/mol. The Morgan fingerprint density at radius 2 is 1.66 bits per heavy atom. The van der Waals surface area contributed by atoms with Crippen LogP contribution in [0.3, 0.4) is 0 Å². The maximum atomic E-state index is 12.4. The van der Waals surface area contributed by atoms with E-state index in [2.05, 4.69) is 37.6 Å². The van der Waals surface area contributed by atoms with Crippen LogP contribution in [0.1, 0.15) is 16.1 Å². The SMILES string of the molecule is O=C(NCc1ccc(N2CCOCC2)cc1)c1cn(CCN2CCOCC2)nn1. The number of aromatic nitrogens is 3. The Kier molecular flexibility index (Phi) is 6.71. The summed E-state index contributed by atoms with van der Waals surface area (Å²) in [6, 6.07) is 8.28. The molecule has 2 saturated heterocycles. The molecule has 1 aromatic heterocycles. The maximum absolute atomic E-state index is 12.4. The van der Waals surface area contributed by atoms with Crippen molar-refractivity contribution in [2.75, 3.05) is 64.1 Å². The third-order valence-electron chi connectivity index (χ3n) is 5.29. The molecule has 0 atom stereocenters. The number of nitrogens with zero attached hydrogens (tertiary/aromatic N) is 5. The summed E-state index contributed by atoms with van der Waals surface area (Å²) in [6.07, 6.45) is 1.71. The van der Waals surface area contributed by atoms with Crippen molar-refractivity contribution >= 4 is 11.6 Å². The van der Waals surface area contributed by atoms with Crippen molar-refractivity contribution in [3.05, 3.63) is 41.7 Å². The number of hydrogen-bond acceptors (Lipinski definition) is 7. The molecule has 0 aliphatic carbocycles. The van der Waals surface area contributed by atoms with E-state index in [-0.39, 0.29) is 5.91 Å². The van der Waals surface area contributed by atoms with Crippen LogP contribution >= 0.6 is 0 Å². The fraction of sp³-hybridized carbons (Fsp3) is 0.550. The molecule has 9 nitrogen and oxygen atoms in total. The van der Waals surface area contributed by atoms with Gasteiger partial charge in [0.1, 0.15) is 0 Å². The first-order valence-corrected chi connectivity index (χ1v) is 10.2. The van der Waals surface area contributed by atoms with Gasteiger partial charge < -0.3 is 19.7 Å². The van der Waals surface area contributed by atoms with Crippen LogP contribution in [0, 0.1) is 0 Å². The molecular formula is C20H28N6O3. The summed E-state index contributed by atoms with van der Waals surface area (Å²) in [5.74, 6) is -0.208. The number of rotatable bonds is 7. The molecule has 0 spiro atoms. The fourth-order valence-corrected chi connectivity index (χ4v) is 3.50. The van der Waals surface area contributed by atoms with Crippen LogP contribution in [-0.4, -0.2) is 85.0 Å². The molecule has 0 unspecified atom stereocenters. The lowest BCUT2D eigenvalue weighted by Crippen LogP contribution is -2.38. The van der Waals surface area contributed by atoms with Gasteiger partial charge in [-0.3, -0.25) is 14.4 Å². The highest BCUT2D eigenvalue weighted by Gasteiger charge is 2.14. The Labute approximate surface area is 170 Å². The Bertz CT molecular complexity index is 782. The molecule has 156 valence electrons. The van der Waals surface area contributed by atoms with Gasteiger partial charge in [-0.05, 0) is 17.7 Å². The number of carbonyl (C=O) groups is 1. The number of benzene rings is 1. The summed E-state index contributed by atoms with van der Waals surface area (Å²) in [6.45, 7) is 8.84. The van der Waals surface area contributed by atoms with Crippen molar-refractivity contribution in [1.82, 2.24) is 25.2 Å². The Morgan fingerprint density at radius 3 is 2.38 bits per heavy atom. The van der Waals surface area contributed by atoms with E-state index in [4.69, 9.17) is 9.47 Å². The second kappa shape index (κ2) is 9.82. The van der Waals surface area contributed by atoms with Gasteiger partial charge in [-0.1, -0.05) is 17.3 Å². The zero-order valence-corrected chi connectivity index (χ0v) is 16.6. The predicted molar refractivity (Wildman–Crippen MR) is 108 cm³/mol. The average molecular weight is 400 g/mol. The highest BCUT2D eigenvalue weighted by atomic mass is 16.5. The summed E-state index contributed by atoms with van der Waals surface area (Å²) in [5, 5.41) is 11.0. The molecule has 2 fully saturated rings. The van der Waals surface area contributed by atoms with Crippen LogP contribution in [-0.2, 0) is 22.6 Å². The summed E-state index contributed by atoms with van der Waals surface area (Å²) in [7, 11) is 0. The van der Waals surface area contributed by atoms with Crippen LogP contribution in [0.25, 0.3) is 0 Å². The van der Waals surface area contributed by atoms with Crippen molar-refractivity contribution in [3.8, 4) is 0 Å². The zero-order chi connectivity index (χ0) is 19.9. The minimum atomic E-state index is -0.208. The lowest BCUT2D eigenvalue weighted by molar-refractivity contribution is 0.0359. The van der Waals surface area contributed by atoms with Gasteiger partial charge in [0.2, 0.25) is 0 Å². The molecule has 4 rings (SSSR count). The van der Waals surface area contributed by atoms with E-state index in [0.29, 0.717) is 18.8 Å². The van der Waals surface area contributed by atoms with Gasteiger partial charge in [-0.2, -0.15) is 0 Å². The van der Waals surface area contributed by atoms with E-state index >= 15 is 0 Å². The lowest BCUT2D eigenvalue weighted by Gasteiger charge is -2.28. The van der Waals surface area contributed by atoms with Crippen molar-refractivity contribution in [1.29, 1.82) is 0 Å². The van der Waals surface area contributed by atoms with Crippen LogP contribution < -0.4 is 10.2 Å². The largest absolute Gasteiger partial charge is 0.379 e. The Balaban J connectivity index is 1.23. The van der Waals surface area contributed by atoms with Gasteiger partial charge >= 0.3 is 0 Å². The van der Waals surface area contributed by atoms with Gasteiger partial charge in [0, 0.05) is 45.0 Å². The Hall–Kier alpha value is -2.49. The molecule has 9 heteroatoms. The number of hydrogen-bond donors (Lipinski definition) is 1. The third kappa shape index (κ3) is 5.53. The molecule has 1 N–H and O–H groups in total. The van der Waals surface area contributed by atoms with Gasteiger partial charge in [-0.15, -0.1) is 5.10 Å². The van der Waals surface area contributed by atoms with Crippen molar-refractivity contribution < 1.29 is 14.3 Å². The van der Waals surface area contributed by atoms with Crippen molar-refractivity contribution in [2.24, 2.45) is 0 Å². The van der Waals surface area contributed by atoms with E-state index in [0.717, 1.165) is 64.7 Å². The molecule has 1 amide bonds. The second-order valence-corrected chi connectivity index (χ2v) is 7.27. The van der Waals surface area contributed by atoms with Gasteiger partial charge in [0.05, 0.1) is 39.2 Å². The number of ether oxygens (including phenoxy) is 2. The van der Waals surface area contributed by atoms with E-state index in [1.165, 1.54) is 5.69 Å². The topological polar surface area (TPSA) is 84.8 Å². The summed E-state index contributed by atoms with van der Waals surface area (Å²) >= 11 is 0. The molecule has 3 heterocycles. The molecule has 2 aliphatic heterocycles. The third-order valence-corrected chi connectivity index (χ3v) is 5.29. The van der Waals surface area contributed by atoms with Crippen LogP contribution in [0.5, 0.6) is 0 Å². The first-order valence-electron chi connectivity index (χ1n) is 10.2. The van der Waals surface area contributed by atoms with Gasteiger partial charge in [-0.25, -0.2) is 0 Å². The monoisotopic (exact) mass is 400 g/mol. The normalized spacial score (nSPS) is 18.0. The molecule has 0 saturated carbocycles. The number of morpholine rings is 2. The molecule has 0 radical (unpaired) electrons. The van der Waals surface area contributed by atoms with E-state index in [9.17, 15) is 4.79 Å². The Morgan fingerprint density at radius 1 is 0.966 bits per heavy atom. The maximum Gasteiger partial charge on any atom is 0.273 e. The highest BCUT2D eigenvalue weighted by Crippen LogP contribution is 2.16. The first-order chi connectivity index (χ1) is 14.3. The van der Waals surface area contributed by atoms with E-state index in [1.807, 2.05) is 12.1 Å². The second-order valence-electron chi connectivity index (χ2n) is 7.27. The number of anilines is 1. The molecule has 1 aromatic carbocycles. The number of nitrogens with one attached hydrogen (secondary N) is 1. The van der Waals surface area contributed by atoms with Crippen molar-refractivity contribution in [2.45, 2.75) is 13.1 Å². The lowest BCUT2D eigenvalue weighted by atomic mass is 10.2. The van der Waals surface area contributed by atoms with Crippen molar-refractivity contribution in [3.63, 3.8) is 0 Å². The molecule has 0 bridgehead atoms. The summed E-state index contributed by atoms with van der Waals surface area (Å²) in [5.41, 5.74) is 2.58. The van der Waals surface area contributed by atoms with E-state index < -0.39 is 0 Å². The van der Waals surface area contributed by atoms with Crippen LogP contribution in [0.2, 0.25) is 0 Å². The smallest absolute Gasteiger partial charge is 0.273 e. The molecule has 2 aromatic rings. The van der Waals surface area contributed by atoms with Crippen LogP contribution in [0.15, 0.2) is 30.5 Å². The summed E-state index contributed by atoms with van der Waals surface area (Å²) < 4.78 is 12.5. The van der Waals surface area contributed by atoms with Gasteiger partial charge in [0.25, 0.3) is 5.91 Å². The minimum Gasteiger partial charge on any atom is -0.379 e. The van der Waals surface area contributed by atoms with Gasteiger partial charge in [0.15, 0.2) is 5.69 Å². The fourth-order valence-electron chi connectivity index (χ4n) is 3.50. The quantitative estimate of drug-likeness (QED) is 0.719. The molecule has 29 heavy (non-hydrogen) atoms. The summed E-state index contributed by atoms with van der Waals surface area (Å²) in [4.78, 5) is 17.0. The first kappa shape index (κ1) is 19.8.